The summed E-state index contributed by atoms with van der Waals surface area (Å²) in [6.07, 6.45) is 7.06. The Morgan fingerprint density at radius 2 is 1.88 bits per heavy atom. The van der Waals surface area contributed by atoms with E-state index in [9.17, 15) is 5.11 Å². The summed E-state index contributed by atoms with van der Waals surface area (Å²) in [6.45, 7) is 12.1. The van der Waals surface area contributed by atoms with Crippen LogP contribution in [-0.2, 0) is 0 Å². The summed E-state index contributed by atoms with van der Waals surface area (Å²) in [5.74, 6) is 1.83. The van der Waals surface area contributed by atoms with Crippen molar-refractivity contribution in [3.8, 4) is 5.75 Å². The number of phenolic OH excluding ortho intramolecular Hbond substituents is 1. The maximum absolute atomic E-state index is 9.60. The van der Waals surface area contributed by atoms with Gasteiger partial charge in [-0.15, -0.1) is 0 Å². The van der Waals surface area contributed by atoms with Crippen molar-refractivity contribution in [1.29, 1.82) is 0 Å². The Bertz CT molecular complexity index is 924. The van der Waals surface area contributed by atoms with Crippen LogP contribution < -0.4 is 15.5 Å². The maximum Gasteiger partial charge on any atom is 0.168 e. The molecule has 1 aliphatic rings. The second-order valence-corrected chi connectivity index (χ2v) is 6.08. The zero-order valence-corrected chi connectivity index (χ0v) is 14.8. The maximum atomic E-state index is 9.60. The summed E-state index contributed by atoms with van der Waals surface area (Å²) in [5.41, 5.74) is 9.61. The van der Waals surface area contributed by atoms with Crippen LogP contribution in [-0.4, -0.2) is 15.1 Å². The van der Waals surface area contributed by atoms with Crippen LogP contribution in [0.1, 0.15) is 13.8 Å². The summed E-state index contributed by atoms with van der Waals surface area (Å²) in [5, 5.41) is 9.60. The lowest BCUT2D eigenvalue weighted by Gasteiger charge is -2.24. The van der Waals surface area contributed by atoms with E-state index in [4.69, 9.17) is 5.73 Å². The zero-order valence-electron chi connectivity index (χ0n) is 14.8. The first-order valence-corrected chi connectivity index (χ1v) is 8.10. The van der Waals surface area contributed by atoms with Crippen LogP contribution in [0.15, 0.2) is 79.1 Å². The van der Waals surface area contributed by atoms with Gasteiger partial charge in [0.05, 0.1) is 0 Å². The van der Waals surface area contributed by atoms with Gasteiger partial charge < -0.3 is 10.8 Å². The highest BCUT2D eigenvalue weighted by atomic mass is 16.3. The molecule has 3 rings (SSSR count). The predicted octanol–water partition coefficient (Wildman–Crippen LogP) is 4.23. The van der Waals surface area contributed by atoms with E-state index in [0.717, 1.165) is 17.0 Å². The summed E-state index contributed by atoms with van der Waals surface area (Å²) in [6, 6.07) is 6.80. The van der Waals surface area contributed by atoms with E-state index >= 15 is 0 Å². The van der Waals surface area contributed by atoms with Crippen LogP contribution in [0.3, 0.4) is 0 Å². The van der Waals surface area contributed by atoms with Crippen LogP contribution in [0.5, 0.6) is 5.75 Å². The third-order valence-electron chi connectivity index (χ3n) is 3.87. The first-order chi connectivity index (χ1) is 12.4. The molecule has 0 bridgehead atoms. The quantitative estimate of drug-likeness (QED) is 0.806. The zero-order chi connectivity index (χ0) is 18.8. The Hall–Kier alpha value is -3.54. The Kier molecular flexibility index (Phi) is 4.49. The molecule has 0 spiro atoms. The largest absolute Gasteiger partial charge is 0.508 e. The molecular formula is C20H21N5O. The first-order valence-electron chi connectivity index (χ1n) is 8.10. The van der Waals surface area contributed by atoms with Gasteiger partial charge in [0.15, 0.2) is 11.6 Å². The number of benzene rings is 1. The lowest BCUT2D eigenvalue weighted by Crippen LogP contribution is -2.24. The Labute approximate surface area is 152 Å². The third-order valence-corrected chi connectivity index (χ3v) is 3.87. The molecule has 0 aliphatic carbocycles. The lowest BCUT2D eigenvalue weighted by atomic mass is 10.2. The van der Waals surface area contributed by atoms with Crippen LogP contribution in [0, 0.1) is 0 Å². The second-order valence-electron chi connectivity index (χ2n) is 6.08. The average molecular weight is 347 g/mol. The average Bonchev–Trinajstić information content (AvgIpc) is 2.88. The molecule has 6 heteroatoms. The molecule has 1 aromatic heterocycles. The van der Waals surface area contributed by atoms with Crippen LogP contribution in [0.25, 0.3) is 0 Å². The summed E-state index contributed by atoms with van der Waals surface area (Å²) >= 11 is 0. The van der Waals surface area contributed by atoms with Crippen molar-refractivity contribution in [2.45, 2.75) is 13.8 Å². The smallest absolute Gasteiger partial charge is 0.168 e. The molecule has 3 N–H and O–H groups in total. The van der Waals surface area contributed by atoms with Gasteiger partial charge in [0.25, 0.3) is 0 Å². The fraction of sp³-hybridized carbons (Fsp3) is 0.100. The van der Waals surface area contributed by atoms with E-state index in [1.807, 2.05) is 35.8 Å². The number of nitrogens with two attached hydrogens (primary N) is 1. The Morgan fingerprint density at radius 3 is 2.50 bits per heavy atom. The molecule has 132 valence electrons. The van der Waals surface area contributed by atoms with Crippen molar-refractivity contribution in [3.63, 3.8) is 0 Å². The lowest BCUT2D eigenvalue weighted by molar-refractivity contribution is 0.475. The SMILES string of the molecule is C=C/C=C(\C=C(C)C)N1C(=C)N(c2ccc(O)cc2)c2c(N)ncnc21. The highest BCUT2D eigenvalue weighted by Gasteiger charge is 2.36. The van der Waals surface area contributed by atoms with E-state index in [1.165, 1.54) is 6.33 Å². The monoisotopic (exact) mass is 347 g/mol. The number of hydrogen-bond acceptors (Lipinski definition) is 6. The number of fused-ring (bicyclic) bond motifs is 1. The van der Waals surface area contributed by atoms with Gasteiger partial charge in [0.2, 0.25) is 0 Å². The van der Waals surface area contributed by atoms with Crippen LogP contribution in [0.4, 0.5) is 23.0 Å². The number of rotatable bonds is 4. The molecule has 0 saturated heterocycles. The number of nitrogen functional groups attached to an aromatic ring is 1. The van der Waals surface area contributed by atoms with E-state index in [-0.39, 0.29) is 5.75 Å². The summed E-state index contributed by atoms with van der Waals surface area (Å²) in [4.78, 5) is 12.4. The number of aromatic hydroxyl groups is 1. The first kappa shape index (κ1) is 17.3. The van der Waals surface area contributed by atoms with E-state index in [0.29, 0.717) is 23.1 Å². The van der Waals surface area contributed by atoms with Gasteiger partial charge in [0.1, 0.15) is 23.6 Å². The molecule has 0 radical (unpaired) electrons. The van der Waals surface area contributed by atoms with Crippen molar-refractivity contribution >= 4 is 23.0 Å². The predicted molar refractivity (Wildman–Crippen MR) is 106 cm³/mol. The van der Waals surface area contributed by atoms with E-state index < -0.39 is 0 Å². The summed E-state index contributed by atoms with van der Waals surface area (Å²) < 4.78 is 0. The summed E-state index contributed by atoms with van der Waals surface area (Å²) in [7, 11) is 0. The molecule has 26 heavy (non-hydrogen) atoms. The Morgan fingerprint density at radius 1 is 1.19 bits per heavy atom. The minimum Gasteiger partial charge on any atom is -0.508 e. The molecule has 0 saturated carbocycles. The molecule has 0 atom stereocenters. The van der Waals surface area contributed by atoms with Crippen molar-refractivity contribution in [1.82, 2.24) is 9.97 Å². The molecule has 6 nitrogen and oxygen atoms in total. The van der Waals surface area contributed by atoms with Gasteiger partial charge in [-0.25, -0.2) is 9.97 Å². The Balaban J connectivity index is 2.21. The van der Waals surface area contributed by atoms with Gasteiger partial charge in [-0.2, -0.15) is 0 Å². The van der Waals surface area contributed by atoms with Crippen molar-refractivity contribution in [3.05, 3.63) is 79.1 Å². The molecule has 0 unspecified atom stereocenters. The molecule has 2 heterocycles. The van der Waals surface area contributed by atoms with Crippen molar-refractivity contribution in [2.75, 3.05) is 15.5 Å². The van der Waals surface area contributed by atoms with E-state index in [2.05, 4.69) is 23.1 Å². The minimum atomic E-state index is 0.185. The number of aromatic nitrogens is 2. The fourth-order valence-corrected chi connectivity index (χ4v) is 2.87. The normalized spacial score (nSPS) is 13.6. The van der Waals surface area contributed by atoms with Gasteiger partial charge in [-0.05, 0) is 50.3 Å². The standard InChI is InChI=1S/C20H21N5O/c1-5-6-16(11-13(2)3)25-14(4)24(15-7-9-17(26)10-8-15)18-19(21)22-12-23-20(18)25/h5-12,26H,1,4H2,2-3H3,(H2,21,22,23)/b16-6+. The molecule has 2 aromatic rings. The highest BCUT2D eigenvalue weighted by Crippen LogP contribution is 2.48. The number of phenols is 1. The second kappa shape index (κ2) is 6.76. The van der Waals surface area contributed by atoms with Crippen LogP contribution in [0.2, 0.25) is 0 Å². The van der Waals surface area contributed by atoms with Gasteiger partial charge >= 0.3 is 0 Å². The van der Waals surface area contributed by atoms with Gasteiger partial charge in [0, 0.05) is 11.4 Å². The number of nitrogens with zero attached hydrogens (tertiary/aromatic N) is 4. The van der Waals surface area contributed by atoms with Crippen molar-refractivity contribution < 1.29 is 5.11 Å². The third kappa shape index (κ3) is 2.93. The number of anilines is 4. The van der Waals surface area contributed by atoms with Gasteiger partial charge in [-0.1, -0.05) is 24.8 Å². The number of allylic oxidation sites excluding steroid dienone is 4. The molecule has 1 aromatic carbocycles. The van der Waals surface area contributed by atoms with Crippen molar-refractivity contribution in [2.24, 2.45) is 0 Å². The fourth-order valence-electron chi connectivity index (χ4n) is 2.87. The van der Waals surface area contributed by atoms with E-state index in [1.54, 1.807) is 30.3 Å². The molecule has 0 fully saturated rings. The molecule has 0 amide bonds. The minimum absolute atomic E-state index is 0.185. The number of hydrogen-bond donors (Lipinski definition) is 2. The topological polar surface area (TPSA) is 78.5 Å². The van der Waals surface area contributed by atoms with Gasteiger partial charge in [-0.3, -0.25) is 9.80 Å². The van der Waals surface area contributed by atoms with Crippen LogP contribution >= 0.6 is 0 Å². The highest BCUT2D eigenvalue weighted by molar-refractivity contribution is 5.93. The molecular weight excluding hydrogens is 326 g/mol. The molecule has 1 aliphatic heterocycles.